The number of rotatable bonds is 3. The number of piperidine rings is 1. The van der Waals surface area contributed by atoms with Crippen LogP contribution in [0.4, 0.5) is 0 Å². The molecule has 132 valence electrons. The van der Waals surface area contributed by atoms with E-state index in [1.54, 1.807) is 24.5 Å². The number of hydrogen-bond acceptors (Lipinski definition) is 3. The number of fused-ring (bicyclic) bond motifs is 1. The number of hydrogen-bond donors (Lipinski definition) is 0. The van der Waals surface area contributed by atoms with Gasteiger partial charge in [0, 0.05) is 11.5 Å². The number of ether oxygens (including phenoxy) is 1. The lowest BCUT2D eigenvalue weighted by molar-refractivity contribution is -0.0185. The average molecular weight is 337 g/mol. The van der Waals surface area contributed by atoms with E-state index >= 15 is 0 Å². The van der Waals surface area contributed by atoms with Gasteiger partial charge < -0.3 is 9.15 Å². The van der Waals surface area contributed by atoms with E-state index in [0.717, 1.165) is 24.0 Å². The molecule has 25 heavy (non-hydrogen) atoms. The molecule has 2 aromatic rings. The summed E-state index contributed by atoms with van der Waals surface area (Å²) in [5.74, 6) is 2.90. The predicted molar refractivity (Wildman–Crippen MR) is 97.9 cm³/mol. The predicted octanol–water partition coefficient (Wildman–Crippen LogP) is 4.55. The van der Waals surface area contributed by atoms with Gasteiger partial charge >= 0.3 is 0 Å². The Labute approximate surface area is 150 Å². The maximum absolute atomic E-state index is 5.65. The molecule has 1 aromatic carbocycles. The van der Waals surface area contributed by atoms with Crippen LogP contribution in [0.3, 0.4) is 0 Å². The fourth-order valence-corrected chi connectivity index (χ4v) is 5.99. The summed E-state index contributed by atoms with van der Waals surface area (Å²) in [4.78, 5) is 2.69. The van der Waals surface area contributed by atoms with E-state index in [1.807, 2.05) is 6.07 Å². The standard InChI is InChI=1S/C22H27NO2/c1-24-17-8-7-16-13-21-19-6-2-3-9-22(19,20(16)14-17)10-11-23(21)15-18-5-4-12-25-18/h4-5,7-8,12,14,19,21H,2-3,6,9-11,13,15H2,1H3/t19-,21+,22+/m0/s1. The molecule has 0 amide bonds. The number of furan rings is 1. The van der Waals surface area contributed by atoms with E-state index in [2.05, 4.69) is 29.2 Å². The first-order chi connectivity index (χ1) is 12.3. The molecule has 1 aliphatic heterocycles. The maximum atomic E-state index is 5.65. The lowest BCUT2D eigenvalue weighted by Crippen LogP contribution is -2.60. The van der Waals surface area contributed by atoms with Gasteiger partial charge in [-0.25, -0.2) is 0 Å². The SMILES string of the molecule is COc1ccc2c(c1)[C@@]13CCCC[C@H]1[C@@H](C2)N(Cc1ccco1)CC3. The molecule has 0 radical (unpaired) electrons. The van der Waals surface area contributed by atoms with Crippen molar-refractivity contribution >= 4 is 0 Å². The van der Waals surface area contributed by atoms with Crippen molar-refractivity contribution in [2.45, 2.75) is 56.5 Å². The Bertz CT molecular complexity index is 753. The molecule has 0 unspecified atom stereocenters. The van der Waals surface area contributed by atoms with E-state index < -0.39 is 0 Å². The minimum absolute atomic E-state index is 0.380. The van der Waals surface area contributed by atoms with Gasteiger partial charge in [-0.1, -0.05) is 18.9 Å². The van der Waals surface area contributed by atoms with Gasteiger partial charge in [-0.2, -0.15) is 0 Å². The molecule has 2 bridgehead atoms. The summed E-state index contributed by atoms with van der Waals surface area (Å²) in [7, 11) is 1.79. The van der Waals surface area contributed by atoms with Crippen molar-refractivity contribution in [2.24, 2.45) is 5.92 Å². The minimum atomic E-state index is 0.380. The second-order valence-corrected chi connectivity index (χ2v) is 8.10. The highest BCUT2D eigenvalue weighted by Gasteiger charge is 2.53. The zero-order valence-electron chi connectivity index (χ0n) is 15.0. The van der Waals surface area contributed by atoms with Gasteiger partial charge in [-0.3, -0.25) is 4.90 Å². The smallest absolute Gasteiger partial charge is 0.119 e. The minimum Gasteiger partial charge on any atom is -0.497 e. The first kappa shape index (κ1) is 15.5. The second kappa shape index (κ2) is 5.91. The topological polar surface area (TPSA) is 25.6 Å². The summed E-state index contributed by atoms with van der Waals surface area (Å²) in [6.07, 6.45) is 9.72. The van der Waals surface area contributed by atoms with Crippen LogP contribution in [-0.2, 0) is 18.4 Å². The average Bonchev–Trinajstić information content (AvgIpc) is 3.17. The van der Waals surface area contributed by atoms with Gasteiger partial charge in [0.2, 0.25) is 0 Å². The highest BCUT2D eigenvalue weighted by molar-refractivity contribution is 5.45. The summed E-state index contributed by atoms with van der Waals surface area (Å²) < 4.78 is 11.2. The van der Waals surface area contributed by atoms with Crippen molar-refractivity contribution in [3.05, 3.63) is 53.5 Å². The van der Waals surface area contributed by atoms with Crippen LogP contribution in [0.2, 0.25) is 0 Å². The lowest BCUT2D eigenvalue weighted by Gasteiger charge is -2.59. The van der Waals surface area contributed by atoms with Crippen LogP contribution in [0, 0.1) is 5.92 Å². The van der Waals surface area contributed by atoms with Gasteiger partial charge in [0.1, 0.15) is 11.5 Å². The largest absolute Gasteiger partial charge is 0.497 e. The van der Waals surface area contributed by atoms with Crippen molar-refractivity contribution in [1.82, 2.24) is 4.90 Å². The van der Waals surface area contributed by atoms with Gasteiger partial charge in [0.15, 0.2) is 0 Å². The lowest BCUT2D eigenvalue weighted by atomic mass is 9.52. The molecule has 3 atom stereocenters. The molecule has 2 fully saturated rings. The molecule has 1 saturated heterocycles. The zero-order chi connectivity index (χ0) is 16.9. The molecule has 2 heterocycles. The van der Waals surface area contributed by atoms with Crippen LogP contribution in [-0.4, -0.2) is 24.6 Å². The third kappa shape index (κ3) is 2.36. The highest BCUT2D eigenvalue weighted by atomic mass is 16.5. The first-order valence-corrected chi connectivity index (χ1v) is 9.74. The van der Waals surface area contributed by atoms with Crippen LogP contribution < -0.4 is 4.74 Å². The van der Waals surface area contributed by atoms with Crippen LogP contribution >= 0.6 is 0 Å². The van der Waals surface area contributed by atoms with E-state index in [4.69, 9.17) is 9.15 Å². The summed E-state index contributed by atoms with van der Waals surface area (Å²) in [5.41, 5.74) is 3.53. The third-order valence-corrected chi connectivity index (χ3v) is 7.10. The Morgan fingerprint density at radius 3 is 3.04 bits per heavy atom. The summed E-state index contributed by atoms with van der Waals surface area (Å²) in [6, 6.07) is 11.6. The van der Waals surface area contributed by atoms with Crippen LogP contribution in [0.15, 0.2) is 41.0 Å². The van der Waals surface area contributed by atoms with Gasteiger partial charge in [0.05, 0.1) is 19.9 Å². The molecule has 3 aliphatic rings. The molecule has 3 nitrogen and oxygen atoms in total. The highest BCUT2D eigenvalue weighted by Crippen LogP contribution is 2.56. The molecule has 1 aromatic heterocycles. The quantitative estimate of drug-likeness (QED) is 0.822. The van der Waals surface area contributed by atoms with Crippen molar-refractivity contribution < 1.29 is 9.15 Å². The Kier molecular flexibility index (Phi) is 3.67. The van der Waals surface area contributed by atoms with Gasteiger partial charge in [-0.05, 0) is 73.5 Å². The second-order valence-electron chi connectivity index (χ2n) is 8.10. The molecule has 1 saturated carbocycles. The summed E-state index contributed by atoms with van der Waals surface area (Å²) in [5, 5.41) is 0. The molecule has 3 heteroatoms. The zero-order valence-corrected chi connectivity index (χ0v) is 15.0. The van der Waals surface area contributed by atoms with Crippen molar-refractivity contribution in [1.29, 1.82) is 0 Å². The van der Waals surface area contributed by atoms with Crippen molar-refractivity contribution in [3.8, 4) is 5.75 Å². The Morgan fingerprint density at radius 1 is 1.24 bits per heavy atom. The van der Waals surface area contributed by atoms with Crippen LogP contribution in [0.25, 0.3) is 0 Å². The van der Waals surface area contributed by atoms with Crippen LogP contribution in [0.1, 0.15) is 49.0 Å². The summed E-state index contributed by atoms with van der Waals surface area (Å²) >= 11 is 0. The van der Waals surface area contributed by atoms with Gasteiger partial charge in [-0.15, -0.1) is 0 Å². The van der Waals surface area contributed by atoms with E-state index in [0.29, 0.717) is 11.5 Å². The first-order valence-electron chi connectivity index (χ1n) is 9.74. The normalized spacial score (nSPS) is 31.2. The fourth-order valence-electron chi connectivity index (χ4n) is 5.99. The Morgan fingerprint density at radius 2 is 2.20 bits per heavy atom. The molecule has 5 rings (SSSR count). The summed E-state index contributed by atoms with van der Waals surface area (Å²) in [6.45, 7) is 2.13. The van der Waals surface area contributed by atoms with E-state index in [9.17, 15) is 0 Å². The molecule has 0 spiro atoms. The Hall–Kier alpha value is -1.74. The Balaban J connectivity index is 1.55. The molecular weight excluding hydrogens is 310 g/mol. The fraction of sp³-hybridized carbons (Fsp3) is 0.545. The molecule has 0 N–H and O–H groups in total. The van der Waals surface area contributed by atoms with Gasteiger partial charge in [0.25, 0.3) is 0 Å². The van der Waals surface area contributed by atoms with Crippen molar-refractivity contribution in [2.75, 3.05) is 13.7 Å². The van der Waals surface area contributed by atoms with Crippen LogP contribution in [0.5, 0.6) is 5.75 Å². The molecule has 2 aliphatic carbocycles. The monoisotopic (exact) mass is 337 g/mol. The van der Waals surface area contributed by atoms with Crippen molar-refractivity contribution in [3.63, 3.8) is 0 Å². The van der Waals surface area contributed by atoms with E-state index in [-0.39, 0.29) is 0 Å². The number of methoxy groups -OCH3 is 1. The maximum Gasteiger partial charge on any atom is 0.119 e. The number of benzene rings is 1. The van der Waals surface area contributed by atoms with E-state index in [1.165, 1.54) is 45.1 Å². The number of likely N-dealkylation sites (tertiary alicyclic amines) is 1. The molecular formula is C22H27NO2. The third-order valence-electron chi connectivity index (χ3n) is 7.10. The number of nitrogens with zero attached hydrogens (tertiary/aromatic N) is 1.